The van der Waals surface area contributed by atoms with Crippen LogP contribution in [-0.4, -0.2) is 64.8 Å². The zero-order chi connectivity index (χ0) is 12.7. The van der Waals surface area contributed by atoms with E-state index in [0.717, 1.165) is 0 Å². The first-order chi connectivity index (χ1) is 7.88. The zero-order valence-electron chi connectivity index (χ0n) is 10.2. The molecule has 0 aliphatic carbocycles. The van der Waals surface area contributed by atoms with Gasteiger partial charge in [0.1, 0.15) is 5.54 Å². The number of carbonyl (C=O) groups excluding carboxylic acids is 1. The summed E-state index contributed by atoms with van der Waals surface area (Å²) in [6.07, 6.45) is -0.564. The number of likely N-dealkylation sites (tertiary alicyclic amines) is 1. The molecule has 0 aromatic heterocycles. The van der Waals surface area contributed by atoms with Crippen LogP contribution >= 0.6 is 0 Å². The second-order valence-electron chi connectivity index (χ2n) is 5.22. The highest BCUT2D eigenvalue weighted by Gasteiger charge is 2.48. The summed E-state index contributed by atoms with van der Waals surface area (Å²) in [6, 6.07) is 0. The average molecular weight is 245 g/mol. The fourth-order valence-corrected chi connectivity index (χ4v) is 2.18. The van der Waals surface area contributed by atoms with Crippen molar-refractivity contribution in [2.24, 2.45) is 0 Å². The normalized spacial score (nSPS) is 31.9. The van der Waals surface area contributed by atoms with Gasteiger partial charge in [0.2, 0.25) is 5.91 Å². The van der Waals surface area contributed by atoms with Crippen LogP contribution in [0.4, 0.5) is 0 Å². The van der Waals surface area contributed by atoms with Gasteiger partial charge in [-0.25, -0.2) is 0 Å². The zero-order valence-corrected chi connectivity index (χ0v) is 10.2. The maximum absolute atomic E-state index is 11.8. The van der Waals surface area contributed by atoms with E-state index in [2.05, 4.69) is 0 Å². The summed E-state index contributed by atoms with van der Waals surface area (Å²) in [5.74, 6) is -0.862. The first kappa shape index (κ1) is 12.8. The summed E-state index contributed by atoms with van der Waals surface area (Å²) in [6.45, 7) is 4.00. The van der Waals surface area contributed by atoms with Gasteiger partial charge in [-0.15, -0.1) is 0 Å². The molecule has 0 aromatic rings. The van der Waals surface area contributed by atoms with Crippen LogP contribution in [0, 0.1) is 0 Å². The highest BCUT2D eigenvalue weighted by molar-refractivity contribution is 5.80. The number of rotatable bonds is 2. The second-order valence-corrected chi connectivity index (χ2v) is 5.22. The van der Waals surface area contributed by atoms with Crippen LogP contribution in [0.25, 0.3) is 0 Å². The molecular weight excluding hydrogens is 226 g/mol. The number of aliphatic hydroxyl groups is 2. The highest BCUT2D eigenvalue weighted by Crippen LogP contribution is 2.30. The van der Waals surface area contributed by atoms with Crippen LogP contribution in [0.2, 0.25) is 0 Å². The van der Waals surface area contributed by atoms with Gasteiger partial charge in [0, 0.05) is 6.54 Å². The van der Waals surface area contributed by atoms with Crippen molar-refractivity contribution in [3.05, 3.63) is 0 Å². The van der Waals surface area contributed by atoms with Gasteiger partial charge >= 0.3 is 0 Å². The Labute approximate surface area is 100 Å². The van der Waals surface area contributed by atoms with Crippen molar-refractivity contribution >= 4 is 5.91 Å². The van der Waals surface area contributed by atoms with Gasteiger partial charge in [0.05, 0.1) is 32.3 Å². The summed E-state index contributed by atoms with van der Waals surface area (Å²) in [5, 5.41) is 19.0. The number of amides is 1. The Morgan fingerprint density at radius 1 is 1.41 bits per heavy atom. The van der Waals surface area contributed by atoms with E-state index in [1.165, 1.54) is 4.90 Å². The van der Waals surface area contributed by atoms with E-state index < -0.39 is 17.4 Å². The molecule has 2 aliphatic rings. The molecule has 1 unspecified atom stereocenters. The largest absolute Gasteiger partial charge is 0.394 e. The molecule has 98 valence electrons. The maximum Gasteiger partial charge on any atom is 0.226 e. The van der Waals surface area contributed by atoms with Crippen LogP contribution in [0.3, 0.4) is 0 Å². The van der Waals surface area contributed by atoms with Crippen molar-refractivity contribution in [1.29, 1.82) is 0 Å². The molecule has 17 heavy (non-hydrogen) atoms. The Kier molecular flexibility index (Phi) is 3.15. The number of hydrogen-bond acceptors (Lipinski definition) is 5. The molecule has 1 atom stereocenters. The molecule has 2 rings (SSSR count). The molecule has 6 nitrogen and oxygen atoms in total. The molecule has 1 amide bonds. The van der Waals surface area contributed by atoms with Crippen LogP contribution in [0.1, 0.15) is 20.3 Å². The molecule has 0 aromatic carbocycles. The number of aliphatic hydroxyl groups excluding tert-OH is 2. The fraction of sp³-hybridized carbons (Fsp3) is 0.909. The van der Waals surface area contributed by atoms with Gasteiger partial charge in [-0.05, 0) is 13.8 Å². The minimum Gasteiger partial charge on any atom is -0.394 e. The summed E-state index contributed by atoms with van der Waals surface area (Å²) in [4.78, 5) is 13.2. The minimum atomic E-state index is -0.857. The van der Waals surface area contributed by atoms with Crippen molar-refractivity contribution in [3.63, 3.8) is 0 Å². The number of hydrogen-bond donors (Lipinski definition) is 2. The van der Waals surface area contributed by atoms with Crippen molar-refractivity contribution in [2.45, 2.75) is 37.7 Å². The Bertz CT molecular complexity index is 307. The fourth-order valence-electron chi connectivity index (χ4n) is 2.18. The van der Waals surface area contributed by atoms with Gasteiger partial charge in [-0.3, -0.25) is 4.79 Å². The quantitative estimate of drug-likeness (QED) is 0.658. The molecule has 2 N–H and O–H groups in total. The van der Waals surface area contributed by atoms with Crippen LogP contribution in [-0.2, 0) is 14.3 Å². The average Bonchev–Trinajstić information content (AvgIpc) is 2.60. The lowest BCUT2D eigenvalue weighted by Gasteiger charge is -2.47. The Morgan fingerprint density at radius 2 is 2.00 bits per heavy atom. The lowest BCUT2D eigenvalue weighted by molar-refractivity contribution is -0.289. The molecule has 2 aliphatic heterocycles. The SMILES string of the molecule is CC1(C)OCC(CO)(N2CC(O)CC2=O)CO1. The number of nitrogens with zero attached hydrogens (tertiary/aromatic N) is 1. The van der Waals surface area contributed by atoms with Crippen LogP contribution in [0.15, 0.2) is 0 Å². The third kappa shape index (κ3) is 2.30. The van der Waals surface area contributed by atoms with Gasteiger partial charge in [0.15, 0.2) is 5.79 Å². The molecule has 2 fully saturated rings. The highest BCUT2D eigenvalue weighted by atomic mass is 16.7. The molecule has 6 heteroatoms. The van der Waals surface area contributed by atoms with Crippen molar-refractivity contribution in [3.8, 4) is 0 Å². The first-order valence-electron chi connectivity index (χ1n) is 5.76. The third-order valence-corrected chi connectivity index (χ3v) is 3.35. The predicted molar refractivity (Wildman–Crippen MR) is 58.1 cm³/mol. The van der Waals surface area contributed by atoms with Crippen molar-refractivity contribution in [1.82, 2.24) is 4.90 Å². The van der Waals surface area contributed by atoms with Crippen LogP contribution < -0.4 is 0 Å². The van der Waals surface area contributed by atoms with Crippen LogP contribution in [0.5, 0.6) is 0 Å². The molecular formula is C11H19NO5. The van der Waals surface area contributed by atoms with Gasteiger partial charge in [0.25, 0.3) is 0 Å². The molecule has 0 radical (unpaired) electrons. The van der Waals surface area contributed by atoms with E-state index in [0.29, 0.717) is 0 Å². The molecule has 0 bridgehead atoms. The van der Waals surface area contributed by atoms with E-state index in [1.807, 2.05) is 0 Å². The molecule has 0 saturated carbocycles. The van der Waals surface area contributed by atoms with Gasteiger partial charge < -0.3 is 24.6 Å². The summed E-state index contributed by atoms with van der Waals surface area (Å²) >= 11 is 0. The smallest absolute Gasteiger partial charge is 0.226 e. The Hall–Kier alpha value is -0.690. The molecule has 2 heterocycles. The Morgan fingerprint density at radius 3 is 2.41 bits per heavy atom. The topological polar surface area (TPSA) is 79.2 Å². The first-order valence-corrected chi connectivity index (χ1v) is 5.76. The monoisotopic (exact) mass is 245 g/mol. The van der Waals surface area contributed by atoms with Gasteiger partial charge in [-0.1, -0.05) is 0 Å². The summed E-state index contributed by atoms with van der Waals surface area (Å²) in [5.41, 5.74) is -0.857. The lowest BCUT2D eigenvalue weighted by Crippen LogP contribution is -2.63. The molecule has 0 spiro atoms. The maximum atomic E-state index is 11.8. The van der Waals surface area contributed by atoms with E-state index in [4.69, 9.17) is 9.47 Å². The second kappa shape index (κ2) is 4.20. The van der Waals surface area contributed by atoms with Gasteiger partial charge in [-0.2, -0.15) is 0 Å². The molecule has 2 saturated heterocycles. The predicted octanol–water partition coefficient (Wildman–Crippen LogP) is -0.906. The van der Waals surface area contributed by atoms with E-state index in [1.54, 1.807) is 13.8 Å². The number of ether oxygens (including phenoxy) is 2. The summed E-state index contributed by atoms with van der Waals surface area (Å²) in [7, 11) is 0. The van der Waals surface area contributed by atoms with E-state index >= 15 is 0 Å². The lowest BCUT2D eigenvalue weighted by atomic mass is 9.99. The third-order valence-electron chi connectivity index (χ3n) is 3.35. The van der Waals surface area contributed by atoms with E-state index in [-0.39, 0.29) is 38.7 Å². The van der Waals surface area contributed by atoms with Crippen molar-refractivity contribution < 1.29 is 24.5 Å². The standard InChI is InChI=1S/C11H19NO5/c1-10(2)16-6-11(5-13,7-17-10)12-4-8(14)3-9(12)15/h8,13-14H,3-7H2,1-2H3. The summed E-state index contributed by atoms with van der Waals surface area (Å²) < 4.78 is 11.0. The van der Waals surface area contributed by atoms with Crippen molar-refractivity contribution in [2.75, 3.05) is 26.4 Å². The van der Waals surface area contributed by atoms with E-state index in [9.17, 15) is 15.0 Å². The number of β-amino-alcohol motifs (C(OH)–C–C–N with tert-alkyl or cyclic N) is 1. The minimum absolute atomic E-state index is 0.102. The Balaban J connectivity index is 2.13. The number of carbonyl (C=O) groups is 1.